The van der Waals surface area contributed by atoms with Crippen LogP contribution >= 0.6 is 0 Å². The van der Waals surface area contributed by atoms with Gasteiger partial charge in [0.25, 0.3) is 5.91 Å². The number of nitrogens with one attached hydrogen (secondary N) is 2. The van der Waals surface area contributed by atoms with Crippen LogP contribution in [0.2, 0.25) is 0 Å². The third kappa shape index (κ3) is 3.78. The summed E-state index contributed by atoms with van der Waals surface area (Å²) >= 11 is 0. The molecule has 3 aromatic rings. The molecule has 2 N–H and O–H groups in total. The van der Waals surface area contributed by atoms with E-state index < -0.39 is 0 Å². The lowest BCUT2D eigenvalue weighted by Gasteiger charge is -2.32. The van der Waals surface area contributed by atoms with Crippen LogP contribution in [-0.4, -0.2) is 40.4 Å². The van der Waals surface area contributed by atoms with Gasteiger partial charge in [0.1, 0.15) is 0 Å². The zero-order valence-electron chi connectivity index (χ0n) is 14.8. The second kappa shape index (κ2) is 7.70. The standard InChI is InChI=1S/C21H24N4O/c26-21(19-6-1-7-20-18(19)8-10-23-20)24-13-17-5-3-11-25(15-17)14-16-4-2-9-22-12-16/h1-2,4,6-10,12,17,23H,3,5,11,13-15H2,(H,24,26). The summed E-state index contributed by atoms with van der Waals surface area (Å²) in [7, 11) is 0. The molecule has 0 saturated carbocycles. The Morgan fingerprint density at radius 2 is 2.23 bits per heavy atom. The second-order valence-electron chi connectivity index (χ2n) is 7.06. The molecule has 4 rings (SSSR count). The quantitative estimate of drug-likeness (QED) is 0.744. The van der Waals surface area contributed by atoms with Crippen molar-refractivity contribution < 1.29 is 4.79 Å². The lowest BCUT2D eigenvalue weighted by molar-refractivity contribution is 0.0932. The first-order valence-electron chi connectivity index (χ1n) is 9.25. The van der Waals surface area contributed by atoms with Gasteiger partial charge in [-0.3, -0.25) is 14.7 Å². The number of aromatic amines is 1. The zero-order valence-corrected chi connectivity index (χ0v) is 14.8. The van der Waals surface area contributed by atoms with E-state index >= 15 is 0 Å². The molecule has 5 heteroatoms. The SMILES string of the molecule is O=C(NCC1CCCN(Cc2cccnc2)C1)c1cccc2[nH]ccc12. The van der Waals surface area contributed by atoms with E-state index in [0.29, 0.717) is 5.92 Å². The van der Waals surface area contributed by atoms with E-state index in [9.17, 15) is 4.79 Å². The first-order valence-corrected chi connectivity index (χ1v) is 9.25. The predicted molar refractivity (Wildman–Crippen MR) is 103 cm³/mol. The van der Waals surface area contributed by atoms with Crippen molar-refractivity contribution in [1.82, 2.24) is 20.2 Å². The van der Waals surface area contributed by atoms with Gasteiger partial charge < -0.3 is 10.3 Å². The van der Waals surface area contributed by atoms with Crippen LogP contribution < -0.4 is 5.32 Å². The third-order valence-corrected chi connectivity index (χ3v) is 5.12. The molecular weight excluding hydrogens is 324 g/mol. The molecule has 1 fully saturated rings. The van der Waals surface area contributed by atoms with Crippen LogP contribution in [0.3, 0.4) is 0 Å². The van der Waals surface area contributed by atoms with E-state index in [0.717, 1.165) is 49.1 Å². The number of pyridine rings is 1. The molecule has 5 nitrogen and oxygen atoms in total. The number of benzene rings is 1. The Balaban J connectivity index is 1.34. The van der Waals surface area contributed by atoms with E-state index in [1.165, 1.54) is 12.0 Å². The van der Waals surface area contributed by atoms with Crippen LogP contribution in [0.25, 0.3) is 10.9 Å². The van der Waals surface area contributed by atoms with Gasteiger partial charge >= 0.3 is 0 Å². The Labute approximate surface area is 153 Å². The zero-order chi connectivity index (χ0) is 17.8. The van der Waals surface area contributed by atoms with Gasteiger partial charge in [-0.25, -0.2) is 0 Å². The summed E-state index contributed by atoms with van der Waals surface area (Å²) in [4.78, 5) is 22.4. The second-order valence-corrected chi connectivity index (χ2v) is 7.06. The van der Waals surface area contributed by atoms with E-state index in [-0.39, 0.29) is 5.91 Å². The van der Waals surface area contributed by atoms with Gasteiger partial charge in [0.05, 0.1) is 0 Å². The van der Waals surface area contributed by atoms with Crippen LogP contribution in [0.5, 0.6) is 0 Å². The minimum Gasteiger partial charge on any atom is -0.361 e. The number of hydrogen-bond donors (Lipinski definition) is 2. The van der Waals surface area contributed by atoms with Crippen molar-refractivity contribution in [2.75, 3.05) is 19.6 Å². The molecule has 0 radical (unpaired) electrons. The summed E-state index contributed by atoms with van der Waals surface area (Å²) in [6, 6.07) is 11.9. The molecule has 1 atom stereocenters. The number of nitrogens with zero attached hydrogens (tertiary/aromatic N) is 2. The first kappa shape index (κ1) is 16.8. The molecule has 0 spiro atoms. The molecule has 26 heavy (non-hydrogen) atoms. The van der Waals surface area contributed by atoms with Crippen molar-refractivity contribution in [3.63, 3.8) is 0 Å². The largest absolute Gasteiger partial charge is 0.361 e. The van der Waals surface area contributed by atoms with Gasteiger partial charge in [-0.1, -0.05) is 12.1 Å². The van der Waals surface area contributed by atoms with Gasteiger partial charge in [-0.05, 0) is 55.1 Å². The Kier molecular flexibility index (Phi) is 4.97. The molecule has 1 aliphatic heterocycles. The third-order valence-electron chi connectivity index (χ3n) is 5.12. The highest BCUT2D eigenvalue weighted by Gasteiger charge is 2.21. The number of likely N-dealkylation sites (tertiary alicyclic amines) is 1. The topological polar surface area (TPSA) is 61.0 Å². The minimum atomic E-state index is 0.0135. The summed E-state index contributed by atoms with van der Waals surface area (Å²) < 4.78 is 0. The Bertz CT molecular complexity index is 874. The normalized spacial score (nSPS) is 18.1. The molecule has 3 heterocycles. The number of H-pyrrole nitrogens is 1. The maximum atomic E-state index is 12.6. The van der Waals surface area contributed by atoms with E-state index in [2.05, 4.69) is 26.3 Å². The van der Waals surface area contributed by atoms with E-state index in [1.54, 1.807) is 0 Å². The highest BCUT2D eigenvalue weighted by Crippen LogP contribution is 2.19. The van der Waals surface area contributed by atoms with Crippen LogP contribution in [-0.2, 0) is 6.54 Å². The molecule has 1 saturated heterocycles. The van der Waals surface area contributed by atoms with Crippen molar-refractivity contribution >= 4 is 16.8 Å². The van der Waals surface area contributed by atoms with Crippen molar-refractivity contribution in [1.29, 1.82) is 0 Å². The lowest BCUT2D eigenvalue weighted by Crippen LogP contribution is -2.40. The molecular formula is C21H24N4O. The fraction of sp³-hybridized carbons (Fsp3) is 0.333. The summed E-state index contributed by atoms with van der Waals surface area (Å²) in [6.07, 6.45) is 7.96. The maximum Gasteiger partial charge on any atom is 0.251 e. The molecule has 2 aromatic heterocycles. The number of amides is 1. The number of rotatable bonds is 5. The number of carbonyl (C=O) groups is 1. The Hall–Kier alpha value is -2.66. The van der Waals surface area contributed by atoms with Crippen LogP contribution in [0.15, 0.2) is 55.0 Å². The number of aromatic nitrogens is 2. The maximum absolute atomic E-state index is 12.6. The average Bonchev–Trinajstić information content (AvgIpc) is 3.16. The number of piperidine rings is 1. The molecule has 1 unspecified atom stereocenters. The monoisotopic (exact) mass is 348 g/mol. The van der Waals surface area contributed by atoms with Gasteiger partial charge in [0.2, 0.25) is 0 Å². The van der Waals surface area contributed by atoms with Crippen LogP contribution in [0.4, 0.5) is 0 Å². The number of fused-ring (bicyclic) bond motifs is 1. The highest BCUT2D eigenvalue weighted by atomic mass is 16.1. The first-order chi connectivity index (χ1) is 12.8. The summed E-state index contributed by atoms with van der Waals surface area (Å²) in [5, 5.41) is 4.12. The average molecular weight is 348 g/mol. The number of carbonyl (C=O) groups excluding carboxylic acids is 1. The smallest absolute Gasteiger partial charge is 0.251 e. The summed E-state index contributed by atoms with van der Waals surface area (Å²) in [5.74, 6) is 0.509. The molecule has 1 aliphatic rings. The van der Waals surface area contributed by atoms with E-state index in [4.69, 9.17) is 0 Å². The highest BCUT2D eigenvalue weighted by molar-refractivity contribution is 6.06. The Morgan fingerprint density at radius 3 is 3.12 bits per heavy atom. The van der Waals surface area contributed by atoms with E-state index in [1.807, 2.05) is 48.9 Å². The minimum absolute atomic E-state index is 0.0135. The molecule has 1 amide bonds. The van der Waals surface area contributed by atoms with Gasteiger partial charge in [0.15, 0.2) is 0 Å². The van der Waals surface area contributed by atoms with Crippen LogP contribution in [0.1, 0.15) is 28.8 Å². The molecule has 1 aromatic carbocycles. The Morgan fingerprint density at radius 1 is 1.27 bits per heavy atom. The predicted octanol–water partition coefficient (Wildman–Crippen LogP) is 3.20. The molecule has 0 aliphatic carbocycles. The van der Waals surface area contributed by atoms with Gasteiger partial charge in [-0.2, -0.15) is 0 Å². The molecule has 0 bridgehead atoms. The van der Waals surface area contributed by atoms with Gasteiger partial charge in [-0.15, -0.1) is 0 Å². The number of hydrogen-bond acceptors (Lipinski definition) is 3. The van der Waals surface area contributed by atoms with Crippen LogP contribution in [0, 0.1) is 5.92 Å². The van der Waals surface area contributed by atoms with Crippen molar-refractivity contribution in [3.8, 4) is 0 Å². The fourth-order valence-corrected chi connectivity index (χ4v) is 3.83. The fourth-order valence-electron chi connectivity index (χ4n) is 3.83. The van der Waals surface area contributed by atoms with Crippen molar-refractivity contribution in [3.05, 3.63) is 66.1 Å². The summed E-state index contributed by atoms with van der Waals surface area (Å²) in [6.45, 7) is 3.79. The van der Waals surface area contributed by atoms with Gasteiger partial charge in [0, 0.05) is 54.7 Å². The summed E-state index contributed by atoms with van der Waals surface area (Å²) in [5.41, 5.74) is 2.99. The van der Waals surface area contributed by atoms with Crippen molar-refractivity contribution in [2.24, 2.45) is 5.92 Å². The van der Waals surface area contributed by atoms with Crippen molar-refractivity contribution in [2.45, 2.75) is 19.4 Å². The lowest BCUT2D eigenvalue weighted by atomic mass is 9.97. The molecule has 134 valence electrons.